The lowest BCUT2D eigenvalue weighted by atomic mass is 9.97. The molecule has 0 saturated carbocycles. The molecule has 9 nitrogen and oxygen atoms in total. The summed E-state index contributed by atoms with van der Waals surface area (Å²) in [4.78, 5) is 61.7. The maximum absolute atomic E-state index is 12.5. The first-order valence-electron chi connectivity index (χ1n) is 11.2. The van der Waals surface area contributed by atoms with Crippen molar-refractivity contribution in [3.63, 3.8) is 0 Å². The summed E-state index contributed by atoms with van der Waals surface area (Å²) in [5.74, 6) is -0.976. The second-order valence-corrected chi connectivity index (χ2v) is 8.80. The molecule has 0 radical (unpaired) electrons. The molecule has 176 valence electrons. The first-order chi connectivity index (χ1) is 14.6. The highest BCUT2D eigenvalue weighted by molar-refractivity contribution is 6.01. The zero-order valence-electron chi connectivity index (χ0n) is 19.5. The number of carbonyl (C=O) groups excluding carboxylic acids is 5. The van der Waals surface area contributed by atoms with Crippen LogP contribution in [0.4, 0.5) is 0 Å². The number of unbranched alkanes of at least 4 members (excludes halogenated alkanes) is 1. The van der Waals surface area contributed by atoms with E-state index in [0.717, 1.165) is 0 Å². The third-order valence-corrected chi connectivity index (χ3v) is 5.32. The van der Waals surface area contributed by atoms with Crippen molar-refractivity contribution in [3.05, 3.63) is 0 Å². The number of likely N-dealkylation sites (tertiary alicyclic amines) is 1. The van der Waals surface area contributed by atoms with E-state index in [-0.39, 0.29) is 54.9 Å². The molecule has 1 aliphatic heterocycles. The van der Waals surface area contributed by atoms with Gasteiger partial charge in [-0.3, -0.25) is 28.9 Å². The molecule has 0 aliphatic carbocycles. The van der Waals surface area contributed by atoms with Crippen LogP contribution >= 0.6 is 0 Å². The minimum absolute atomic E-state index is 0.0825. The van der Waals surface area contributed by atoms with Gasteiger partial charge in [0.15, 0.2) is 5.78 Å². The van der Waals surface area contributed by atoms with Crippen molar-refractivity contribution in [3.8, 4) is 0 Å². The fraction of sp³-hybridized carbons (Fsp3) is 0.773. The Bertz CT molecular complexity index is 646. The van der Waals surface area contributed by atoms with E-state index in [9.17, 15) is 24.0 Å². The number of hydrogen-bond acceptors (Lipinski definition) is 6. The van der Waals surface area contributed by atoms with E-state index in [1.165, 1.54) is 4.90 Å². The van der Waals surface area contributed by atoms with Gasteiger partial charge in [-0.15, -0.1) is 0 Å². The van der Waals surface area contributed by atoms with Crippen LogP contribution in [0.5, 0.6) is 0 Å². The molecule has 3 N–H and O–H groups in total. The van der Waals surface area contributed by atoms with Gasteiger partial charge < -0.3 is 16.0 Å². The van der Waals surface area contributed by atoms with Crippen LogP contribution < -0.4 is 16.0 Å². The first-order valence-corrected chi connectivity index (χ1v) is 11.2. The standard InChI is InChI=1S/C22H38N4O5/c1-14(2)12-17(23-5)22(31)24-13-18(27)25-16(21(30)15(3)4)8-6-7-11-26-19(28)9-10-20(26)29/h14-17,23H,6-13H2,1-5H3,(H,24,31)(H,25,27)/t16-,17-/m0/s1. The number of ketones is 1. The van der Waals surface area contributed by atoms with Crippen molar-refractivity contribution < 1.29 is 24.0 Å². The van der Waals surface area contributed by atoms with Crippen molar-refractivity contribution in [2.24, 2.45) is 11.8 Å². The van der Waals surface area contributed by atoms with E-state index in [1.807, 2.05) is 13.8 Å². The number of Topliss-reactive ketones (excluding diaryl/α,β-unsaturated/α-hetero) is 1. The third kappa shape index (κ3) is 9.16. The highest BCUT2D eigenvalue weighted by Crippen LogP contribution is 2.14. The van der Waals surface area contributed by atoms with Crippen molar-refractivity contribution in [1.29, 1.82) is 0 Å². The second kappa shape index (κ2) is 13.2. The fourth-order valence-corrected chi connectivity index (χ4v) is 3.54. The van der Waals surface area contributed by atoms with Crippen LogP contribution in [0.1, 0.15) is 66.2 Å². The SMILES string of the molecule is CN[C@@H](CC(C)C)C(=O)NCC(=O)N[C@@H](CCCCN1C(=O)CCC1=O)C(=O)C(C)C. The molecule has 1 aliphatic rings. The van der Waals surface area contributed by atoms with Gasteiger partial charge in [0, 0.05) is 25.3 Å². The largest absolute Gasteiger partial charge is 0.346 e. The summed E-state index contributed by atoms with van der Waals surface area (Å²) in [6.07, 6.45) is 2.76. The fourth-order valence-electron chi connectivity index (χ4n) is 3.54. The minimum atomic E-state index is -0.662. The molecule has 0 aromatic heterocycles. The normalized spacial score (nSPS) is 16.0. The number of imide groups is 1. The van der Waals surface area contributed by atoms with Crippen LogP contribution in [0.15, 0.2) is 0 Å². The van der Waals surface area contributed by atoms with Crippen LogP contribution in [-0.4, -0.2) is 66.5 Å². The summed E-state index contributed by atoms with van der Waals surface area (Å²) in [5, 5.41) is 8.29. The number of carbonyl (C=O) groups is 5. The van der Waals surface area contributed by atoms with Gasteiger partial charge in [-0.25, -0.2) is 0 Å². The van der Waals surface area contributed by atoms with Crippen LogP contribution in [0.3, 0.4) is 0 Å². The second-order valence-electron chi connectivity index (χ2n) is 8.80. The Morgan fingerprint density at radius 2 is 1.58 bits per heavy atom. The summed E-state index contributed by atoms with van der Waals surface area (Å²) < 4.78 is 0. The predicted molar refractivity (Wildman–Crippen MR) is 117 cm³/mol. The molecule has 0 bridgehead atoms. The zero-order chi connectivity index (χ0) is 23.6. The Hall–Kier alpha value is -2.29. The van der Waals surface area contributed by atoms with Crippen LogP contribution in [0.25, 0.3) is 0 Å². The first kappa shape index (κ1) is 26.7. The summed E-state index contributed by atoms with van der Waals surface area (Å²) in [6.45, 7) is 7.71. The Balaban J connectivity index is 2.51. The van der Waals surface area contributed by atoms with Crippen LogP contribution in [-0.2, 0) is 24.0 Å². The molecule has 1 saturated heterocycles. The molecule has 0 spiro atoms. The predicted octanol–water partition coefficient (Wildman–Crippen LogP) is 0.766. The summed E-state index contributed by atoms with van der Waals surface area (Å²) in [5.41, 5.74) is 0. The molecule has 0 unspecified atom stereocenters. The lowest BCUT2D eigenvalue weighted by Gasteiger charge is -2.21. The molecule has 1 fully saturated rings. The number of amides is 4. The minimum Gasteiger partial charge on any atom is -0.346 e. The number of likely N-dealkylation sites (N-methyl/N-ethyl adjacent to an activating group) is 1. The summed E-state index contributed by atoms with van der Waals surface area (Å²) >= 11 is 0. The molecule has 1 heterocycles. The number of nitrogens with one attached hydrogen (secondary N) is 3. The van der Waals surface area contributed by atoms with Crippen LogP contribution in [0, 0.1) is 11.8 Å². The van der Waals surface area contributed by atoms with E-state index < -0.39 is 11.9 Å². The van der Waals surface area contributed by atoms with E-state index in [4.69, 9.17) is 0 Å². The topological polar surface area (TPSA) is 125 Å². The molecular formula is C22H38N4O5. The highest BCUT2D eigenvalue weighted by Gasteiger charge is 2.28. The van der Waals surface area contributed by atoms with Crippen molar-refractivity contribution in [2.75, 3.05) is 20.1 Å². The summed E-state index contributed by atoms with van der Waals surface area (Å²) in [7, 11) is 1.70. The Kier molecular flexibility index (Phi) is 11.4. The lowest BCUT2D eigenvalue weighted by molar-refractivity contribution is -0.138. The van der Waals surface area contributed by atoms with Crippen molar-refractivity contribution in [2.45, 2.75) is 78.3 Å². The molecule has 2 atom stereocenters. The molecule has 0 aromatic carbocycles. The van der Waals surface area contributed by atoms with Gasteiger partial charge in [0.05, 0.1) is 18.6 Å². The van der Waals surface area contributed by atoms with E-state index >= 15 is 0 Å². The van der Waals surface area contributed by atoms with Gasteiger partial charge in [-0.05, 0) is 38.6 Å². The molecule has 0 aromatic rings. The van der Waals surface area contributed by atoms with E-state index in [1.54, 1.807) is 20.9 Å². The summed E-state index contributed by atoms with van der Waals surface area (Å²) in [6, 6.07) is -1.04. The van der Waals surface area contributed by atoms with Gasteiger partial charge in [-0.1, -0.05) is 27.7 Å². The van der Waals surface area contributed by atoms with Crippen LogP contribution in [0.2, 0.25) is 0 Å². The number of nitrogens with zero attached hydrogens (tertiary/aromatic N) is 1. The Morgan fingerprint density at radius 1 is 0.968 bits per heavy atom. The average Bonchev–Trinajstić information content (AvgIpc) is 3.03. The zero-order valence-corrected chi connectivity index (χ0v) is 19.5. The van der Waals surface area contributed by atoms with Gasteiger partial charge in [0.25, 0.3) is 0 Å². The molecular weight excluding hydrogens is 400 g/mol. The van der Waals surface area contributed by atoms with E-state index in [2.05, 4.69) is 16.0 Å². The molecule has 31 heavy (non-hydrogen) atoms. The van der Waals surface area contributed by atoms with E-state index in [0.29, 0.717) is 38.1 Å². The Labute approximate surface area is 185 Å². The lowest BCUT2D eigenvalue weighted by Crippen LogP contribution is -2.50. The smallest absolute Gasteiger partial charge is 0.239 e. The quantitative estimate of drug-likeness (QED) is 0.272. The molecule has 9 heteroatoms. The molecule has 4 amide bonds. The third-order valence-electron chi connectivity index (χ3n) is 5.32. The number of hydrogen-bond donors (Lipinski definition) is 3. The maximum Gasteiger partial charge on any atom is 0.239 e. The van der Waals surface area contributed by atoms with Gasteiger partial charge in [0.1, 0.15) is 0 Å². The Morgan fingerprint density at radius 3 is 2.10 bits per heavy atom. The van der Waals surface area contributed by atoms with Gasteiger partial charge in [0.2, 0.25) is 23.6 Å². The number of rotatable bonds is 14. The van der Waals surface area contributed by atoms with Gasteiger partial charge >= 0.3 is 0 Å². The average molecular weight is 439 g/mol. The van der Waals surface area contributed by atoms with Gasteiger partial charge in [-0.2, -0.15) is 0 Å². The molecule has 1 rings (SSSR count). The van der Waals surface area contributed by atoms with Crippen molar-refractivity contribution >= 4 is 29.4 Å². The monoisotopic (exact) mass is 438 g/mol. The maximum atomic E-state index is 12.5. The van der Waals surface area contributed by atoms with Crippen molar-refractivity contribution in [1.82, 2.24) is 20.9 Å². The highest BCUT2D eigenvalue weighted by atomic mass is 16.2.